The highest BCUT2D eigenvalue weighted by Crippen LogP contribution is 2.03. The summed E-state index contributed by atoms with van der Waals surface area (Å²) in [7, 11) is 1.28. The van der Waals surface area contributed by atoms with Crippen LogP contribution < -0.4 is 10.6 Å². The number of carbonyl (C=O) groups excluding carboxylic acids is 2. The van der Waals surface area contributed by atoms with Crippen molar-refractivity contribution in [3.05, 3.63) is 18.0 Å². The van der Waals surface area contributed by atoms with Crippen LogP contribution >= 0.6 is 0 Å². The largest absolute Gasteiger partial charge is 0.453 e. The number of methoxy groups -OCH3 is 1. The van der Waals surface area contributed by atoms with Gasteiger partial charge in [-0.05, 0) is 19.9 Å². The van der Waals surface area contributed by atoms with Gasteiger partial charge in [-0.3, -0.25) is 9.48 Å². The van der Waals surface area contributed by atoms with E-state index in [4.69, 9.17) is 0 Å². The van der Waals surface area contributed by atoms with Crippen LogP contribution in [0.25, 0.3) is 0 Å². The Kier molecular flexibility index (Phi) is 5.16. The molecule has 0 aromatic carbocycles. The van der Waals surface area contributed by atoms with E-state index in [0.29, 0.717) is 18.8 Å². The van der Waals surface area contributed by atoms with Crippen molar-refractivity contribution in [1.82, 2.24) is 20.4 Å². The molecule has 0 aliphatic heterocycles. The fourth-order valence-corrected chi connectivity index (χ4v) is 1.25. The molecule has 0 unspecified atom stereocenters. The van der Waals surface area contributed by atoms with Crippen LogP contribution in [0.1, 0.15) is 30.4 Å². The molecule has 7 heteroatoms. The highest BCUT2D eigenvalue weighted by atomic mass is 16.5. The molecule has 0 atom stereocenters. The molecular formula is C11H18N4O3. The first-order valence-corrected chi connectivity index (χ1v) is 5.69. The number of nitrogens with zero attached hydrogens (tertiary/aromatic N) is 2. The molecule has 0 aliphatic carbocycles. The first kappa shape index (κ1) is 14.0. The molecule has 1 rings (SSSR count). The number of amides is 2. The quantitative estimate of drug-likeness (QED) is 0.751. The molecule has 0 saturated carbocycles. The lowest BCUT2D eigenvalue weighted by Crippen LogP contribution is -2.34. The summed E-state index contributed by atoms with van der Waals surface area (Å²) >= 11 is 0. The molecule has 0 radical (unpaired) electrons. The van der Waals surface area contributed by atoms with Crippen molar-refractivity contribution in [2.45, 2.75) is 19.9 Å². The summed E-state index contributed by atoms with van der Waals surface area (Å²) in [6.07, 6.45) is 1.24. The van der Waals surface area contributed by atoms with Crippen molar-refractivity contribution >= 4 is 12.0 Å². The van der Waals surface area contributed by atoms with Gasteiger partial charge in [-0.1, -0.05) is 0 Å². The van der Waals surface area contributed by atoms with E-state index in [1.54, 1.807) is 16.9 Å². The van der Waals surface area contributed by atoms with Crippen molar-refractivity contribution in [2.24, 2.45) is 0 Å². The minimum Gasteiger partial charge on any atom is -0.453 e. The van der Waals surface area contributed by atoms with E-state index in [0.717, 1.165) is 0 Å². The summed E-state index contributed by atoms with van der Waals surface area (Å²) in [6.45, 7) is 4.59. The Hall–Kier alpha value is -2.05. The third-order valence-corrected chi connectivity index (χ3v) is 2.24. The fraction of sp³-hybridized carbons (Fsp3) is 0.545. The van der Waals surface area contributed by atoms with Gasteiger partial charge in [0.05, 0.1) is 7.11 Å². The minimum absolute atomic E-state index is 0.215. The smallest absolute Gasteiger partial charge is 0.406 e. The molecule has 0 aliphatic rings. The van der Waals surface area contributed by atoms with Gasteiger partial charge in [0.2, 0.25) is 0 Å². The summed E-state index contributed by atoms with van der Waals surface area (Å²) in [5, 5.41) is 9.24. The monoisotopic (exact) mass is 254 g/mol. The number of aromatic nitrogens is 2. The summed E-state index contributed by atoms with van der Waals surface area (Å²) in [6, 6.07) is 1.87. The van der Waals surface area contributed by atoms with Crippen molar-refractivity contribution in [3.63, 3.8) is 0 Å². The van der Waals surface area contributed by atoms with E-state index >= 15 is 0 Å². The molecule has 1 aromatic heterocycles. The van der Waals surface area contributed by atoms with E-state index < -0.39 is 6.09 Å². The van der Waals surface area contributed by atoms with Crippen molar-refractivity contribution in [1.29, 1.82) is 0 Å². The van der Waals surface area contributed by atoms with Crippen LogP contribution in [0.5, 0.6) is 0 Å². The lowest BCUT2D eigenvalue weighted by molar-refractivity contribution is 0.0947. The SMILES string of the molecule is COC(=O)NCCNC(=O)c1ccn(C(C)C)n1. The van der Waals surface area contributed by atoms with Crippen molar-refractivity contribution < 1.29 is 14.3 Å². The van der Waals surface area contributed by atoms with Crippen LogP contribution in [0.3, 0.4) is 0 Å². The predicted molar refractivity (Wildman–Crippen MR) is 65.4 cm³/mol. The first-order valence-electron chi connectivity index (χ1n) is 5.69. The molecule has 2 amide bonds. The van der Waals surface area contributed by atoms with E-state index in [-0.39, 0.29) is 11.9 Å². The molecule has 0 bridgehead atoms. The number of alkyl carbamates (subject to hydrolysis) is 1. The van der Waals surface area contributed by atoms with Gasteiger partial charge in [0, 0.05) is 25.3 Å². The molecule has 1 heterocycles. The highest BCUT2D eigenvalue weighted by molar-refractivity contribution is 5.92. The van der Waals surface area contributed by atoms with Crippen LogP contribution in [0.4, 0.5) is 4.79 Å². The lowest BCUT2D eigenvalue weighted by atomic mass is 10.4. The van der Waals surface area contributed by atoms with Crippen molar-refractivity contribution in [2.75, 3.05) is 20.2 Å². The Morgan fingerprint density at radius 3 is 2.61 bits per heavy atom. The third kappa shape index (κ3) is 4.08. The highest BCUT2D eigenvalue weighted by Gasteiger charge is 2.09. The molecule has 18 heavy (non-hydrogen) atoms. The topological polar surface area (TPSA) is 85.3 Å². The Balaban J connectivity index is 2.34. The van der Waals surface area contributed by atoms with E-state index in [9.17, 15) is 9.59 Å². The van der Waals surface area contributed by atoms with Gasteiger partial charge in [0.25, 0.3) is 5.91 Å². The minimum atomic E-state index is -0.520. The average Bonchev–Trinajstić information content (AvgIpc) is 2.83. The van der Waals surface area contributed by atoms with Crippen molar-refractivity contribution in [3.8, 4) is 0 Å². The van der Waals surface area contributed by atoms with Gasteiger partial charge in [0.15, 0.2) is 0 Å². The second-order valence-corrected chi connectivity index (χ2v) is 3.95. The Morgan fingerprint density at radius 2 is 2.06 bits per heavy atom. The van der Waals surface area contributed by atoms with Crippen LogP contribution in [0.2, 0.25) is 0 Å². The number of rotatable bonds is 5. The maximum Gasteiger partial charge on any atom is 0.406 e. The zero-order chi connectivity index (χ0) is 13.5. The molecule has 7 nitrogen and oxygen atoms in total. The number of nitrogens with one attached hydrogen (secondary N) is 2. The van der Waals surface area contributed by atoms with Gasteiger partial charge >= 0.3 is 6.09 Å². The molecule has 100 valence electrons. The average molecular weight is 254 g/mol. The Bertz CT molecular complexity index is 414. The molecule has 1 aromatic rings. The van der Waals surface area contributed by atoms with Gasteiger partial charge in [-0.2, -0.15) is 5.10 Å². The lowest BCUT2D eigenvalue weighted by Gasteiger charge is -2.05. The normalized spacial score (nSPS) is 10.2. The van der Waals surface area contributed by atoms with Gasteiger partial charge in [-0.25, -0.2) is 4.79 Å². The number of carbonyl (C=O) groups is 2. The number of hydrogen-bond acceptors (Lipinski definition) is 4. The molecule has 0 fully saturated rings. The zero-order valence-corrected chi connectivity index (χ0v) is 10.8. The maximum atomic E-state index is 11.7. The summed E-state index contributed by atoms with van der Waals surface area (Å²) in [5.74, 6) is -0.263. The molecule has 0 saturated heterocycles. The Labute approximate surface area is 105 Å². The maximum absolute atomic E-state index is 11.7. The van der Waals surface area contributed by atoms with Gasteiger partial charge < -0.3 is 15.4 Å². The van der Waals surface area contributed by atoms with Gasteiger partial charge in [-0.15, -0.1) is 0 Å². The predicted octanol–water partition coefficient (Wildman–Crippen LogP) is 0.550. The van der Waals surface area contributed by atoms with Crippen LogP contribution in [-0.4, -0.2) is 42.0 Å². The third-order valence-electron chi connectivity index (χ3n) is 2.24. The summed E-state index contributed by atoms with van der Waals surface area (Å²) in [4.78, 5) is 22.4. The zero-order valence-electron chi connectivity index (χ0n) is 10.8. The summed E-state index contributed by atoms with van der Waals surface area (Å²) < 4.78 is 6.10. The van der Waals surface area contributed by atoms with E-state index in [2.05, 4.69) is 20.5 Å². The summed E-state index contributed by atoms with van der Waals surface area (Å²) in [5.41, 5.74) is 0.363. The Morgan fingerprint density at radius 1 is 1.39 bits per heavy atom. The second kappa shape index (κ2) is 6.63. The van der Waals surface area contributed by atoms with E-state index in [1.807, 2.05) is 13.8 Å². The molecule has 2 N–H and O–H groups in total. The number of hydrogen-bond donors (Lipinski definition) is 2. The van der Waals surface area contributed by atoms with Crippen LogP contribution in [-0.2, 0) is 4.74 Å². The van der Waals surface area contributed by atoms with E-state index in [1.165, 1.54) is 7.11 Å². The fourth-order valence-electron chi connectivity index (χ4n) is 1.25. The number of ether oxygens (including phenoxy) is 1. The first-order chi connectivity index (χ1) is 8.54. The standard InChI is InChI=1S/C11H18N4O3/c1-8(2)15-7-4-9(14-15)10(16)12-5-6-13-11(17)18-3/h4,7-8H,5-6H2,1-3H3,(H,12,16)(H,13,17). The van der Waals surface area contributed by atoms with Crippen LogP contribution in [0, 0.1) is 0 Å². The second-order valence-electron chi connectivity index (χ2n) is 3.95. The molecule has 0 spiro atoms. The van der Waals surface area contributed by atoms with Gasteiger partial charge in [0.1, 0.15) is 5.69 Å². The van der Waals surface area contributed by atoms with Crippen LogP contribution in [0.15, 0.2) is 12.3 Å². The molecular weight excluding hydrogens is 236 g/mol.